The number of hydrogen-bond donors (Lipinski definition) is 0. The molecule has 0 amide bonds. The third-order valence-corrected chi connectivity index (χ3v) is 4.12. The fourth-order valence-electron chi connectivity index (χ4n) is 2.09. The van der Waals surface area contributed by atoms with Gasteiger partial charge in [0.2, 0.25) is 0 Å². The van der Waals surface area contributed by atoms with Crippen LogP contribution in [0.25, 0.3) is 0 Å². The molecule has 2 rings (SSSR count). The van der Waals surface area contributed by atoms with Gasteiger partial charge in [-0.3, -0.25) is 4.90 Å². The first-order valence-electron chi connectivity index (χ1n) is 4.14. The molecule has 0 aromatic rings. The average Bonchev–Trinajstić information content (AvgIpc) is 2.29. The predicted molar refractivity (Wildman–Crippen MR) is 46.5 cm³/mol. The molecule has 0 aromatic heterocycles. The Hall–Kier alpha value is 0.310. The molecule has 2 heteroatoms. The van der Waals surface area contributed by atoms with Crippen LogP contribution in [0.3, 0.4) is 0 Å². The zero-order chi connectivity index (χ0) is 7.03. The van der Waals surface area contributed by atoms with E-state index in [9.17, 15) is 0 Å². The molecule has 58 valence electrons. The minimum absolute atomic E-state index is 0.586. The van der Waals surface area contributed by atoms with E-state index >= 15 is 0 Å². The summed E-state index contributed by atoms with van der Waals surface area (Å²) in [6, 6.07) is 0. The van der Waals surface area contributed by atoms with Crippen LogP contribution >= 0.6 is 11.8 Å². The van der Waals surface area contributed by atoms with Gasteiger partial charge in [0.05, 0.1) is 0 Å². The van der Waals surface area contributed by atoms with Crippen LogP contribution in [-0.2, 0) is 0 Å². The van der Waals surface area contributed by atoms with Crippen molar-refractivity contribution in [3.8, 4) is 0 Å². The summed E-state index contributed by atoms with van der Waals surface area (Å²) < 4.78 is 0. The van der Waals surface area contributed by atoms with Crippen molar-refractivity contribution in [1.29, 1.82) is 0 Å². The van der Waals surface area contributed by atoms with E-state index in [1.165, 1.54) is 37.4 Å². The molecule has 1 atom stereocenters. The third-order valence-electron chi connectivity index (χ3n) is 2.83. The molecule has 2 aliphatic heterocycles. The van der Waals surface area contributed by atoms with E-state index in [2.05, 4.69) is 23.6 Å². The van der Waals surface area contributed by atoms with Gasteiger partial charge in [0, 0.05) is 23.6 Å². The fraction of sp³-hybridized carbons (Fsp3) is 1.00. The van der Waals surface area contributed by atoms with Crippen molar-refractivity contribution in [3.63, 3.8) is 0 Å². The Kier molecular flexibility index (Phi) is 1.69. The summed E-state index contributed by atoms with van der Waals surface area (Å²) >= 11 is 2.13. The van der Waals surface area contributed by atoms with Gasteiger partial charge in [0.25, 0.3) is 0 Å². The molecule has 0 aromatic carbocycles. The van der Waals surface area contributed by atoms with Gasteiger partial charge in [-0.25, -0.2) is 0 Å². The Morgan fingerprint density at radius 3 is 3.10 bits per heavy atom. The van der Waals surface area contributed by atoms with Crippen molar-refractivity contribution in [2.75, 3.05) is 24.6 Å². The zero-order valence-electron chi connectivity index (χ0n) is 6.60. The number of rotatable bonds is 0. The Balaban J connectivity index is 2.10. The van der Waals surface area contributed by atoms with Gasteiger partial charge < -0.3 is 0 Å². The van der Waals surface area contributed by atoms with Crippen LogP contribution in [0.2, 0.25) is 0 Å². The summed E-state index contributed by atoms with van der Waals surface area (Å²) in [5.41, 5.74) is 0.586. The molecule has 1 unspecified atom stereocenters. The largest absolute Gasteiger partial charge is 0.296 e. The quantitative estimate of drug-likeness (QED) is 0.525. The lowest BCUT2D eigenvalue weighted by Gasteiger charge is -2.38. The molecule has 0 N–H and O–H groups in total. The first-order chi connectivity index (χ1) is 4.81. The van der Waals surface area contributed by atoms with Crippen LogP contribution in [0.1, 0.15) is 19.8 Å². The molecular weight excluding hydrogens is 142 g/mol. The van der Waals surface area contributed by atoms with Gasteiger partial charge in [-0.05, 0) is 26.3 Å². The number of fused-ring (bicyclic) bond motifs is 1. The van der Waals surface area contributed by atoms with E-state index < -0.39 is 0 Å². The monoisotopic (exact) mass is 157 g/mol. The van der Waals surface area contributed by atoms with E-state index in [0.29, 0.717) is 5.54 Å². The van der Waals surface area contributed by atoms with Crippen LogP contribution in [-0.4, -0.2) is 35.0 Å². The lowest BCUT2D eigenvalue weighted by Crippen LogP contribution is -2.47. The number of hydrogen-bond acceptors (Lipinski definition) is 2. The topological polar surface area (TPSA) is 3.24 Å². The molecular formula is C8H15NS. The number of thioether (sulfide) groups is 1. The van der Waals surface area contributed by atoms with Gasteiger partial charge >= 0.3 is 0 Å². The summed E-state index contributed by atoms with van der Waals surface area (Å²) in [5.74, 6) is 2.72. The van der Waals surface area contributed by atoms with Crippen LogP contribution in [0.4, 0.5) is 0 Å². The minimum Gasteiger partial charge on any atom is -0.296 e. The SMILES string of the molecule is CC12CCCN1CCSC2. The fourth-order valence-corrected chi connectivity index (χ4v) is 3.35. The summed E-state index contributed by atoms with van der Waals surface area (Å²) in [6.45, 7) is 5.12. The van der Waals surface area contributed by atoms with E-state index in [1.54, 1.807) is 0 Å². The average molecular weight is 157 g/mol. The molecule has 10 heavy (non-hydrogen) atoms. The van der Waals surface area contributed by atoms with Gasteiger partial charge in [-0.1, -0.05) is 0 Å². The van der Waals surface area contributed by atoms with Crippen LogP contribution in [0.15, 0.2) is 0 Å². The second-order valence-corrected chi connectivity index (χ2v) is 4.75. The zero-order valence-corrected chi connectivity index (χ0v) is 7.41. The van der Waals surface area contributed by atoms with Gasteiger partial charge in [-0.15, -0.1) is 0 Å². The van der Waals surface area contributed by atoms with Crippen molar-refractivity contribution >= 4 is 11.8 Å². The van der Waals surface area contributed by atoms with Crippen molar-refractivity contribution in [2.45, 2.75) is 25.3 Å². The van der Waals surface area contributed by atoms with Crippen molar-refractivity contribution in [2.24, 2.45) is 0 Å². The highest BCUT2D eigenvalue weighted by molar-refractivity contribution is 7.99. The molecule has 2 saturated heterocycles. The van der Waals surface area contributed by atoms with Gasteiger partial charge in [0.1, 0.15) is 0 Å². The normalized spacial score (nSPS) is 41.7. The molecule has 1 nitrogen and oxygen atoms in total. The van der Waals surface area contributed by atoms with Crippen LogP contribution in [0.5, 0.6) is 0 Å². The van der Waals surface area contributed by atoms with E-state index in [-0.39, 0.29) is 0 Å². The summed E-state index contributed by atoms with van der Waals surface area (Å²) in [7, 11) is 0. The molecule has 0 spiro atoms. The highest BCUT2D eigenvalue weighted by Gasteiger charge is 2.37. The first-order valence-corrected chi connectivity index (χ1v) is 5.30. The minimum atomic E-state index is 0.586. The maximum atomic E-state index is 2.67. The maximum absolute atomic E-state index is 2.67. The van der Waals surface area contributed by atoms with E-state index in [1.807, 2.05) is 0 Å². The Morgan fingerprint density at radius 2 is 2.30 bits per heavy atom. The van der Waals surface area contributed by atoms with Crippen molar-refractivity contribution in [3.05, 3.63) is 0 Å². The van der Waals surface area contributed by atoms with Crippen molar-refractivity contribution < 1.29 is 0 Å². The van der Waals surface area contributed by atoms with E-state index in [4.69, 9.17) is 0 Å². The third kappa shape index (κ3) is 0.978. The smallest absolute Gasteiger partial charge is 0.0272 e. The Bertz CT molecular complexity index is 137. The molecule has 0 aliphatic carbocycles. The molecule has 2 aliphatic rings. The highest BCUT2D eigenvalue weighted by Crippen LogP contribution is 2.35. The lowest BCUT2D eigenvalue weighted by atomic mass is 10.0. The first kappa shape index (κ1) is 6.99. The maximum Gasteiger partial charge on any atom is 0.0272 e. The molecule has 2 heterocycles. The molecule has 0 bridgehead atoms. The summed E-state index contributed by atoms with van der Waals surface area (Å²) in [5, 5.41) is 0. The predicted octanol–water partition coefficient (Wildman–Crippen LogP) is 1.59. The van der Waals surface area contributed by atoms with Crippen LogP contribution in [0, 0.1) is 0 Å². The standard InChI is InChI=1S/C8H15NS/c1-8-3-2-4-9(8)5-6-10-7-8/h2-7H2,1H3. The number of nitrogens with zero attached hydrogens (tertiary/aromatic N) is 1. The summed E-state index contributed by atoms with van der Waals surface area (Å²) in [4.78, 5) is 2.67. The molecule has 0 saturated carbocycles. The van der Waals surface area contributed by atoms with Crippen LogP contribution < -0.4 is 0 Å². The highest BCUT2D eigenvalue weighted by atomic mass is 32.2. The summed E-state index contributed by atoms with van der Waals surface area (Å²) in [6.07, 6.45) is 2.86. The van der Waals surface area contributed by atoms with Gasteiger partial charge in [0.15, 0.2) is 0 Å². The van der Waals surface area contributed by atoms with Gasteiger partial charge in [-0.2, -0.15) is 11.8 Å². The second kappa shape index (κ2) is 2.42. The lowest BCUT2D eigenvalue weighted by molar-refractivity contribution is 0.184. The van der Waals surface area contributed by atoms with E-state index in [0.717, 1.165) is 0 Å². The van der Waals surface area contributed by atoms with Crippen molar-refractivity contribution in [1.82, 2.24) is 4.90 Å². The Morgan fingerprint density at radius 1 is 1.40 bits per heavy atom. The molecule has 0 radical (unpaired) electrons. The second-order valence-electron chi connectivity index (χ2n) is 3.64. The Labute approximate surface area is 67.2 Å². The molecule has 2 fully saturated rings.